The average Bonchev–Trinajstić information content (AvgIpc) is 3.61. The number of hydrogen-bond acceptors (Lipinski definition) is 3. The molecule has 0 fully saturated rings. The van der Waals surface area contributed by atoms with Crippen molar-refractivity contribution in [3.63, 3.8) is 0 Å². The van der Waals surface area contributed by atoms with Crippen molar-refractivity contribution in [2.45, 2.75) is 0 Å². The van der Waals surface area contributed by atoms with Crippen molar-refractivity contribution in [1.82, 2.24) is 14.5 Å². The zero-order valence-electron chi connectivity index (χ0n) is 28.3. The molecule has 0 unspecified atom stereocenters. The van der Waals surface area contributed by atoms with Crippen molar-refractivity contribution in [3.8, 4) is 28.3 Å². The van der Waals surface area contributed by atoms with Gasteiger partial charge in [-0.2, -0.15) is 0 Å². The van der Waals surface area contributed by atoms with Crippen LogP contribution in [0.4, 0.5) is 17.1 Å². The molecule has 0 aliphatic heterocycles. The summed E-state index contributed by atoms with van der Waals surface area (Å²) in [5, 5.41) is 5.75. The van der Waals surface area contributed by atoms with Gasteiger partial charge in [0.2, 0.25) is 0 Å². The van der Waals surface area contributed by atoms with Gasteiger partial charge in [-0.3, -0.25) is 4.57 Å². The van der Waals surface area contributed by atoms with E-state index in [1.165, 1.54) is 16.2 Å². The van der Waals surface area contributed by atoms with Crippen LogP contribution < -0.4 is 4.90 Å². The minimum absolute atomic E-state index is 0.914. The van der Waals surface area contributed by atoms with Crippen LogP contribution >= 0.6 is 0 Å². The molecular formula is C48H32N4. The van der Waals surface area contributed by atoms with Crippen LogP contribution in [0.5, 0.6) is 0 Å². The van der Waals surface area contributed by atoms with Crippen molar-refractivity contribution in [1.29, 1.82) is 0 Å². The number of imidazole rings is 1. The van der Waals surface area contributed by atoms with E-state index in [-0.39, 0.29) is 0 Å². The Hall–Kier alpha value is -7.04. The number of benzene rings is 8. The first kappa shape index (κ1) is 29.8. The largest absolute Gasteiger partial charge is 0.310 e. The molecular weight excluding hydrogens is 633 g/mol. The molecule has 0 bridgehead atoms. The Bertz CT molecular complexity index is 2860. The van der Waals surface area contributed by atoms with Crippen molar-refractivity contribution < 1.29 is 0 Å². The Morgan fingerprint density at radius 1 is 0.442 bits per heavy atom. The fourth-order valence-electron chi connectivity index (χ4n) is 7.62. The van der Waals surface area contributed by atoms with E-state index in [9.17, 15) is 0 Å². The summed E-state index contributed by atoms with van der Waals surface area (Å²) in [6.45, 7) is 0. The number of para-hydroxylation sites is 7. The van der Waals surface area contributed by atoms with Crippen LogP contribution in [0, 0.1) is 0 Å². The van der Waals surface area contributed by atoms with Gasteiger partial charge in [-0.1, -0.05) is 127 Å². The molecule has 0 amide bonds. The highest BCUT2D eigenvalue weighted by Crippen LogP contribution is 2.44. The van der Waals surface area contributed by atoms with Crippen LogP contribution in [0.2, 0.25) is 0 Å². The summed E-state index contributed by atoms with van der Waals surface area (Å²) < 4.78 is 2.27. The Labute approximate surface area is 301 Å². The van der Waals surface area contributed by atoms with Gasteiger partial charge in [-0.05, 0) is 77.5 Å². The smallest absolute Gasteiger partial charge is 0.145 e. The zero-order valence-corrected chi connectivity index (χ0v) is 28.3. The second kappa shape index (κ2) is 12.4. The lowest BCUT2D eigenvalue weighted by atomic mass is 9.93. The van der Waals surface area contributed by atoms with E-state index < -0.39 is 0 Å². The molecule has 10 rings (SSSR count). The minimum atomic E-state index is 0.914. The van der Waals surface area contributed by atoms with E-state index in [1.807, 2.05) is 0 Å². The first-order valence-electron chi connectivity index (χ1n) is 17.6. The third kappa shape index (κ3) is 4.92. The Balaban J connectivity index is 1.25. The molecule has 0 aliphatic rings. The summed E-state index contributed by atoms with van der Waals surface area (Å²) in [4.78, 5) is 13.0. The quantitative estimate of drug-likeness (QED) is 0.166. The van der Waals surface area contributed by atoms with Gasteiger partial charge in [-0.15, -0.1) is 0 Å². The fraction of sp³-hybridized carbons (Fsp3) is 0. The van der Waals surface area contributed by atoms with Crippen molar-refractivity contribution in [3.05, 3.63) is 194 Å². The third-order valence-corrected chi connectivity index (χ3v) is 9.94. The predicted molar refractivity (Wildman–Crippen MR) is 217 cm³/mol. The van der Waals surface area contributed by atoms with Crippen LogP contribution in [-0.2, 0) is 0 Å². The fourth-order valence-corrected chi connectivity index (χ4v) is 7.62. The summed E-state index contributed by atoms with van der Waals surface area (Å²) in [6.07, 6.45) is 0. The van der Waals surface area contributed by atoms with Crippen molar-refractivity contribution >= 4 is 60.5 Å². The molecule has 52 heavy (non-hydrogen) atoms. The molecule has 0 saturated heterocycles. The maximum absolute atomic E-state index is 5.43. The van der Waals surface area contributed by atoms with Gasteiger partial charge in [-0.25, -0.2) is 9.97 Å². The molecule has 2 aromatic heterocycles. The molecule has 244 valence electrons. The average molecular weight is 665 g/mol. The molecule has 0 aliphatic carbocycles. The Kier molecular flexibility index (Phi) is 7.10. The summed E-state index contributed by atoms with van der Waals surface area (Å²) in [5.41, 5.74) is 10.4. The first-order chi connectivity index (χ1) is 25.8. The highest BCUT2D eigenvalue weighted by molar-refractivity contribution is 6.23. The summed E-state index contributed by atoms with van der Waals surface area (Å²) in [6, 6.07) is 68.4. The van der Waals surface area contributed by atoms with Gasteiger partial charge >= 0.3 is 0 Å². The van der Waals surface area contributed by atoms with Gasteiger partial charge in [0, 0.05) is 44.3 Å². The van der Waals surface area contributed by atoms with E-state index in [0.29, 0.717) is 0 Å². The zero-order chi connectivity index (χ0) is 34.4. The molecule has 0 N–H and O–H groups in total. The first-order valence-corrected chi connectivity index (χ1v) is 17.6. The minimum Gasteiger partial charge on any atom is -0.310 e. The van der Waals surface area contributed by atoms with E-state index in [0.717, 1.165) is 72.7 Å². The van der Waals surface area contributed by atoms with E-state index in [2.05, 4.69) is 204 Å². The van der Waals surface area contributed by atoms with E-state index in [4.69, 9.17) is 9.97 Å². The number of hydrogen-bond donors (Lipinski definition) is 0. The lowest BCUT2D eigenvalue weighted by molar-refractivity contribution is 1.10. The molecule has 0 radical (unpaired) electrons. The number of pyridine rings is 1. The molecule has 4 nitrogen and oxygen atoms in total. The number of nitrogens with zero attached hydrogens (tertiary/aromatic N) is 4. The Morgan fingerprint density at radius 2 is 1.06 bits per heavy atom. The number of fused-ring (bicyclic) bond motifs is 6. The van der Waals surface area contributed by atoms with Gasteiger partial charge in [0.05, 0.1) is 27.9 Å². The molecule has 0 atom stereocenters. The lowest BCUT2D eigenvalue weighted by Crippen LogP contribution is -2.11. The molecule has 0 spiro atoms. The monoisotopic (exact) mass is 664 g/mol. The van der Waals surface area contributed by atoms with Gasteiger partial charge in [0.1, 0.15) is 5.82 Å². The van der Waals surface area contributed by atoms with Crippen molar-refractivity contribution in [2.75, 3.05) is 4.90 Å². The van der Waals surface area contributed by atoms with Crippen LogP contribution in [-0.4, -0.2) is 14.5 Å². The van der Waals surface area contributed by atoms with Gasteiger partial charge < -0.3 is 4.90 Å². The SMILES string of the molecule is c1ccc(N(c2ccccc2)c2ccccc2-c2nc3ccccc3c3c2ccc2ccc(-c4nc5ccccc5n4-c4ccccc4)cc23)cc1. The van der Waals surface area contributed by atoms with Gasteiger partial charge in [0.25, 0.3) is 0 Å². The van der Waals surface area contributed by atoms with Crippen LogP contribution in [0.3, 0.4) is 0 Å². The third-order valence-electron chi connectivity index (χ3n) is 9.94. The Morgan fingerprint density at radius 3 is 1.83 bits per heavy atom. The van der Waals surface area contributed by atoms with Crippen LogP contribution in [0.1, 0.15) is 0 Å². The predicted octanol–water partition coefficient (Wildman–Crippen LogP) is 12.7. The molecule has 8 aromatic carbocycles. The second-order valence-corrected chi connectivity index (χ2v) is 13.0. The van der Waals surface area contributed by atoms with Crippen LogP contribution in [0.15, 0.2) is 194 Å². The maximum Gasteiger partial charge on any atom is 0.145 e. The summed E-state index contributed by atoms with van der Waals surface area (Å²) in [7, 11) is 0. The topological polar surface area (TPSA) is 34.0 Å². The van der Waals surface area contributed by atoms with Crippen LogP contribution in [0.25, 0.3) is 71.8 Å². The normalized spacial score (nSPS) is 11.5. The summed E-state index contributed by atoms with van der Waals surface area (Å²) >= 11 is 0. The van der Waals surface area contributed by atoms with E-state index in [1.54, 1.807) is 0 Å². The lowest BCUT2D eigenvalue weighted by Gasteiger charge is -2.28. The number of aromatic nitrogens is 3. The van der Waals surface area contributed by atoms with Gasteiger partial charge in [0.15, 0.2) is 0 Å². The maximum atomic E-state index is 5.43. The molecule has 0 saturated carbocycles. The number of rotatable bonds is 6. The standard InChI is InChI=1S/C48H32N4/c1-4-16-35(17-5-1)51(36-18-6-2-7-19-36)44-26-14-11-23-39(44)47-40-31-30-33-28-29-34(32-41(33)46(40)38-22-10-12-24-42(38)49-47)48-50-43-25-13-15-27-45(43)52(48)37-20-8-3-9-21-37/h1-32H. The molecule has 4 heteroatoms. The summed E-state index contributed by atoms with van der Waals surface area (Å²) in [5.74, 6) is 0.914. The molecule has 10 aromatic rings. The van der Waals surface area contributed by atoms with E-state index >= 15 is 0 Å². The highest BCUT2D eigenvalue weighted by Gasteiger charge is 2.21. The number of anilines is 3. The highest BCUT2D eigenvalue weighted by atomic mass is 15.1. The molecule has 2 heterocycles. The van der Waals surface area contributed by atoms with Crippen molar-refractivity contribution in [2.24, 2.45) is 0 Å². The second-order valence-electron chi connectivity index (χ2n) is 13.0.